The highest BCUT2D eigenvalue weighted by Gasteiger charge is 2.20. The van der Waals surface area contributed by atoms with E-state index in [9.17, 15) is 9.18 Å². The summed E-state index contributed by atoms with van der Waals surface area (Å²) in [7, 11) is 1.68. The second kappa shape index (κ2) is 5.70. The smallest absolute Gasteiger partial charge is 0.242 e. The molecule has 0 aliphatic carbocycles. The van der Waals surface area contributed by atoms with Gasteiger partial charge in [0.05, 0.1) is 23.9 Å². The summed E-state index contributed by atoms with van der Waals surface area (Å²) in [5, 5.41) is 8.69. The van der Waals surface area contributed by atoms with Crippen LogP contribution in [0.5, 0.6) is 0 Å². The van der Waals surface area contributed by atoms with E-state index < -0.39 is 5.82 Å². The number of rotatable bonds is 3. The van der Waals surface area contributed by atoms with Crippen molar-refractivity contribution >= 4 is 11.6 Å². The largest absolute Gasteiger partial charge is 0.363 e. The number of likely N-dealkylation sites (tertiary alicyclic amines) is 1. The molecule has 0 saturated carbocycles. The summed E-state index contributed by atoms with van der Waals surface area (Å²) in [6.45, 7) is 1.74. The van der Waals surface area contributed by atoms with Crippen LogP contribution < -0.4 is 4.90 Å². The van der Waals surface area contributed by atoms with Crippen molar-refractivity contribution in [2.45, 2.75) is 12.8 Å². The highest BCUT2D eigenvalue weighted by atomic mass is 19.1. The number of amides is 1. The van der Waals surface area contributed by atoms with E-state index in [4.69, 9.17) is 5.26 Å². The number of carbonyl (C=O) groups is 1. The van der Waals surface area contributed by atoms with Crippen LogP contribution in [0.15, 0.2) is 18.2 Å². The Morgan fingerprint density at radius 2 is 2.16 bits per heavy atom. The maximum atomic E-state index is 13.8. The Morgan fingerprint density at radius 3 is 2.74 bits per heavy atom. The molecule has 5 heteroatoms. The molecule has 0 N–H and O–H groups in total. The van der Waals surface area contributed by atoms with Gasteiger partial charge in [-0.05, 0) is 31.0 Å². The third-order valence-corrected chi connectivity index (χ3v) is 3.32. The second-order valence-corrected chi connectivity index (χ2v) is 4.72. The number of anilines is 1. The first-order valence-electron chi connectivity index (χ1n) is 6.30. The molecule has 0 bridgehead atoms. The molecule has 2 rings (SSSR count). The van der Waals surface area contributed by atoms with E-state index in [2.05, 4.69) is 0 Å². The molecule has 4 nitrogen and oxygen atoms in total. The molecule has 1 aliphatic heterocycles. The van der Waals surface area contributed by atoms with Gasteiger partial charge in [-0.1, -0.05) is 0 Å². The number of benzene rings is 1. The van der Waals surface area contributed by atoms with Gasteiger partial charge in [0.15, 0.2) is 0 Å². The van der Waals surface area contributed by atoms with E-state index in [0.29, 0.717) is 5.69 Å². The molecule has 1 amide bonds. The lowest BCUT2D eigenvalue weighted by Crippen LogP contribution is -2.37. The van der Waals surface area contributed by atoms with Crippen LogP contribution >= 0.6 is 0 Å². The van der Waals surface area contributed by atoms with Crippen molar-refractivity contribution in [3.05, 3.63) is 29.6 Å². The SMILES string of the molecule is CN(CC(=O)N1CCCC1)c1ccc(C#N)cc1F. The molecule has 19 heavy (non-hydrogen) atoms. The van der Waals surface area contributed by atoms with Crippen LogP contribution in [0.2, 0.25) is 0 Å². The van der Waals surface area contributed by atoms with Gasteiger partial charge in [-0.3, -0.25) is 4.79 Å². The summed E-state index contributed by atoms with van der Waals surface area (Å²) in [4.78, 5) is 15.4. The summed E-state index contributed by atoms with van der Waals surface area (Å²) < 4.78 is 13.8. The zero-order valence-corrected chi connectivity index (χ0v) is 10.9. The standard InChI is InChI=1S/C14H16FN3O/c1-17(10-14(19)18-6-2-3-7-18)13-5-4-11(9-16)8-12(13)15/h4-5,8H,2-3,6-7,10H2,1H3. The average Bonchev–Trinajstić information content (AvgIpc) is 2.92. The van der Waals surface area contributed by atoms with Crippen LogP contribution in [0.4, 0.5) is 10.1 Å². The minimum Gasteiger partial charge on any atom is -0.363 e. The molecule has 1 saturated heterocycles. The number of nitrogens with zero attached hydrogens (tertiary/aromatic N) is 3. The molecular weight excluding hydrogens is 245 g/mol. The van der Waals surface area contributed by atoms with Crippen molar-refractivity contribution < 1.29 is 9.18 Å². The van der Waals surface area contributed by atoms with Gasteiger partial charge < -0.3 is 9.80 Å². The molecule has 1 heterocycles. The quantitative estimate of drug-likeness (QED) is 0.833. The van der Waals surface area contributed by atoms with Gasteiger partial charge in [-0.2, -0.15) is 5.26 Å². The Morgan fingerprint density at radius 1 is 1.47 bits per heavy atom. The topological polar surface area (TPSA) is 47.3 Å². The number of nitriles is 1. The Bertz CT molecular complexity index is 518. The van der Waals surface area contributed by atoms with Crippen LogP contribution in [-0.4, -0.2) is 37.5 Å². The van der Waals surface area contributed by atoms with Crippen molar-refractivity contribution in [2.75, 3.05) is 31.6 Å². The summed E-state index contributed by atoms with van der Waals surface area (Å²) in [6.07, 6.45) is 2.08. The normalized spacial score (nSPS) is 14.3. The molecule has 0 unspecified atom stereocenters. The van der Waals surface area contributed by atoms with Crippen LogP contribution in [-0.2, 0) is 4.79 Å². The minimum atomic E-state index is -0.476. The Labute approximate surface area is 112 Å². The lowest BCUT2D eigenvalue weighted by molar-refractivity contribution is -0.128. The predicted molar refractivity (Wildman–Crippen MR) is 70.2 cm³/mol. The van der Waals surface area contributed by atoms with E-state index >= 15 is 0 Å². The first kappa shape index (κ1) is 13.3. The molecule has 0 atom stereocenters. The lowest BCUT2D eigenvalue weighted by atomic mass is 10.2. The molecule has 1 fully saturated rings. The number of hydrogen-bond acceptors (Lipinski definition) is 3. The van der Waals surface area contributed by atoms with Gasteiger partial charge in [0.1, 0.15) is 5.82 Å². The first-order chi connectivity index (χ1) is 9.11. The summed E-state index contributed by atoms with van der Waals surface area (Å²) in [6, 6.07) is 6.16. The molecule has 1 aliphatic rings. The first-order valence-corrected chi connectivity index (χ1v) is 6.30. The molecule has 100 valence electrons. The predicted octanol–water partition coefficient (Wildman–Crippen LogP) is 1.76. The Kier molecular flexibility index (Phi) is 4.00. The lowest BCUT2D eigenvalue weighted by Gasteiger charge is -2.23. The van der Waals surface area contributed by atoms with E-state index in [-0.39, 0.29) is 18.0 Å². The number of hydrogen-bond donors (Lipinski definition) is 0. The fourth-order valence-electron chi connectivity index (χ4n) is 2.24. The molecule has 0 aromatic heterocycles. The monoisotopic (exact) mass is 261 g/mol. The highest BCUT2D eigenvalue weighted by Crippen LogP contribution is 2.19. The third-order valence-electron chi connectivity index (χ3n) is 3.32. The molecule has 0 radical (unpaired) electrons. The highest BCUT2D eigenvalue weighted by molar-refractivity contribution is 5.81. The van der Waals surface area contributed by atoms with E-state index in [1.54, 1.807) is 22.9 Å². The van der Waals surface area contributed by atoms with E-state index in [1.807, 2.05) is 6.07 Å². The number of likely N-dealkylation sites (N-methyl/N-ethyl adjacent to an activating group) is 1. The van der Waals surface area contributed by atoms with Crippen LogP contribution in [0, 0.1) is 17.1 Å². The van der Waals surface area contributed by atoms with E-state index in [1.165, 1.54) is 12.1 Å². The zero-order chi connectivity index (χ0) is 13.8. The van der Waals surface area contributed by atoms with Gasteiger partial charge in [0, 0.05) is 20.1 Å². The molecule has 1 aromatic carbocycles. The van der Waals surface area contributed by atoms with Crippen LogP contribution in [0.3, 0.4) is 0 Å². The Hall–Kier alpha value is -2.09. The van der Waals surface area contributed by atoms with Crippen molar-refractivity contribution in [3.63, 3.8) is 0 Å². The van der Waals surface area contributed by atoms with E-state index in [0.717, 1.165) is 25.9 Å². The summed E-state index contributed by atoms with van der Waals surface area (Å²) in [5.41, 5.74) is 0.618. The maximum absolute atomic E-state index is 13.8. The van der Waals surface area contributed by atoms with Gasteiger partial charge in [-0.15, -0.1) is 0 Å². The maximum Gasteiger partial charge on any atom is 0.242 e. The minimum absolute atomic E-state index is 0.0174. The fraction of sp³-hybridized carbons (Fsp3) is 0.429. The van der Waals surface area contributed by atoms with Crippen molar-refractivity contribution in [2.24, 2.45) is 0 Å². The molecule has 1 aromatic rings. The zero-order valence-electron chi connectivity index (χ0n) is 10.9. The summed E-state index contributed by atoms with van der Waals surface area (Å²) >= 11 is 0. The second-order valence-electron chi connectivity index (χ2n) is 4.72. The fourth-order valence-corrected chi connectivity index (χ4v) is 2.24. The molecule has 0 spiro atoms. The third kappa shape index (κ3) is 3.02. The van der Waals surface area contributed by atoms with Gasteiger partial charge >= 0.3 is 0 Å². The average molecular weight is 261 g/mol. The van der Waals surface area contributed by atoms with Crippen molar-refractivity contribution in [1.82, 2.24) is 4.90 Å². The van der Waals surface area contributed by atoms with Crippen molar-refractivity contribution in [1.29, 1.82) is 5.26 Å². The van der Waals surface area contributed by atoms with Gasteiger partial charge in [-0.25, -0.2) is 4.39 Å². The van der Waals surface area contributed by atoms with Gasteiger partial charge in [0.2, 0.25) is 5.91 Å². The van der Waals surface area contributed by atoms with Gasteiger partial charge in [0.25, 0.3) is 0 Å². The number of halogens is 1. The van der Waals surface area contributed by atoms with Crippen LogP contribution in [0.1, 0.15) is 18.4 Å². The molecular formula is C14H16FN3O. The van der Waals surface area contributed by atoms with Crippen molar-refractivity contribution in [3.8, 4) is 6.07 Å². The van der Waals surface area contributed by atoms with Crippen LogP contribution in [0.25, 0.3) is 0 Å². The Balaban J connectivity index is 2.05. The summed E-state index contributed by atoms with van der Waals surface area (Å²) in [5.74, 6) is -0.459. The number of carbonyl (C=O) groups excluding carboxylic acids is 1.